The average Bonchev–Trinajstić information content (AvgIpc) is 2.15. The minimum atomic E-state index is 0.248. The number of carbonyl (C=O) groups is 1. The quantitative estimate of drug-likeness (QED) is 0.722. The molecule has 0 bridgehead atoms. The van der Waals surface area contributed by atoms with E-state index in [0.29, 0.717) is 11.7 Å². The van der Waals surface area contributed by atoms with Crippen LogP contribution in [0.4, 0.5) is 0 Å². The van der Waals surface area contributed by atoms with Crippen LogP contribution in [0.25, 0.3) is 0 Å². The lowest BCUT2D eigenvalue weighted by Crippen LogP contribution is -2.05. The van der Waals surface area contributed by atoms with Crippen LogP contribution >= 0.6 is 11.8 Å². The van der Waals surface area contributed by atoms with E-state index in [-0.39, 0.29) is 5.78 Å². The molecule has 1 rings (SSSR count). The van der Waals surface area contributed by atoms with Gasteiger partial charge in [-0.15, -0.1) is 0 Å². The number of carbonyl (C=O) groups excluding carboxylic acids is 1. The van der Waals surface area contributed by atoms with Crippen LogP contribution in [0.3, 0.4) is 0 Å². The molecule has 0 spiro atoms. The Morgan fingerprint density at radius 1 is 1.19 bits per heavy atom. The molecule has 0 aliphatic carbocycles. The summed E-state index contributed by atoms with van der Waals surface area (Å²) >= 11 is 1.73. The number of hydrogen-bond donors (Lipinski definition) is 0. The first-order valence-corrected chi connectivity index (χ1v) is 6.83. The largest absolute Gasteiger partial charge is 0.293 e. The molecule has 0 N–H and O–H groups in total. The van der Waals surface area contributed by atoms with Gasteiger partial charge in [0.05, 0.1) is 5.75 Å². The predicted molar refractivity (Wildman–Crippen MR) is 72.4 cm³/mol. The van der Waals surface area contributed by atoms with Crippen LogP contribution in [0.1, 0.15) is 35.3 Å². The summed E-state index contributed by atoms with van der Waals surface area (Å²) in [6.45, 7) is 8.42. The number of thioether (sulfide) groups is 1. The van der Waals surface area contributed by atoms with Crippen molar-refractivity contribution in [1.29, 1.82) is 0 Å². The minimum Gasteiger partial charge on any atom is -0.293 e. The highest BCUT2D eigenvalue weighted by Crippen LogP contribution is 2.14. The van der Waals surface area contributed by atoms with Crippen molar-refractivity contribution in [3.63, 3.8) is 0 Å². The fourth-order valence-electron chi connectivity index (χ4n) is 1.61. The molecule has 1 nitrogen and oxygen atoms in total. The van der Waals surface area contributed by atoms with E-state index in [1.165, 1.54) is 0 Å². The summed E-state index contributed by atoms with van der Waals surface area (Å²) in [5.41, 5.74) is 3.18. The zero-order valence-electron chi connectivity index (χ0n) is 10.5. The Morgan fingerprint density at radius 3 is 2.25 bits per heavy atom. The van der Waals surface area contributed by atoms with Gasteiger partial charge in [0.25, 0.3) is 0 Å². The number of benzene rings is 1. The lowest BCUT2D eigenvalue weighted by molar-refractivity contribution is 0.102. The van der Waals surface area contributed by atoms with E-state index in [0.717, 1.165) is 22.4 Å². The third-order valence-corrected chi connectivity index (χ3v) is 3.60. The molecule has 0 saturated heterocycles. The fourth-order valence-corrected chi connectivity index (χ4v) is 2.55. The molecule has 0 aliphatic rings. The maximum Gasteiger partial charge on any atom is 0.172 e. The van der Waals surface area contributed by atoms with Crippen LogP contribution in [-0.4, -0.2) is 17.3 Å². The summed E-state index contributed by atoms with van der Waals surface area (Å²) in [7, 11) is 0. The molecular weight excluding hydrogens is 216 g/mol. The highest BCUT2D eigenvalue weighted by atomic mass is 32.2. The normalized spacial score (nSPS) is 10.8. The van der Waals surface area contributed by atoms with Crippen molar-refractivity contribution < 1.29 is 4.79 Å². The van der Waals surface area contributed by atoms with Crippen LogP contribution in [0, 0.1) is 19.8 Å². The standard InChI is InChI=1S/C14H20OS/c1-10(2)8-16-9-14(15)13-6-11(3)5-12(4)7-13/h5-7,10H,8-9H2,1-4H3. The lowest BCUT2D eigenvalue weighted by Gasteiger charge is -2.06. The first-order chi connectivity index (χ1) is 7.49. The van der Waals surface area contributed by atoms with E-state index in [9.17, 15) is 4.79 Å². The second-order valence-electron chi connectivity index (χ2n) is 4.71. The van der Waals surface area contributed by atoms with Crippen molar-refractivity contribution in [2.24, 2.45) is 5.92 Å². The van der Waals surface area contributed by atoms with Crippen LogP contribution in [0.2, 0.25) is 0 Å². The minimum absolute atomic E-state index is 0.248. The second-order valence-corrected chi connectivity index (χ2v) is 5.74. The monoisotopic (exact) mass is 236 g/mol. The highest BCUT2D eigenvalue weighted by molar-refractivity contribution is 7.99. The molecule has 1 aromatic carbocycles. The third-order valence-electron chi connectivity index (χ3n) is 2.23. The van der Waals surface area contributed by atoms with Gasteiger partial charge in [0, 0.05) is 5.56 Å². The van der Waals surface area contributed by atoms with Crippen molar-refractivity contribution in [2.75, 3.05) is 11.5 Å². The van der Waals surface area contributed by atoms with Gasteiger partial charge in [-0.05, 0) is 37.7 Å². The number of ketones is 1. The zero-order chi connectivity index (χ0) is 12.1. The summed E-state index contributed by atoms with van der Waals surface area (Å²) < 4.78 is 0. The Labute approximate surface area is 103 Å². The molecule has 0 radical (unpaired) electrons. The molecule has 0 saturated carbocycles. The Kier molecular flexibility index (Phi) is 5.07. The molecule has 0 atom stereocenters. The maximum atomic E-state index is 11.9. The fraction of sp³-hybridized carbons (Fsp3) is 0.500. The lowest BCUT2D eigenvalue weighted by atomic mass is 10.1. The SMILES string of the molecule is Cc1cc(C)cc(C(=O)CSCC(C)C)c1. The zero-order valence-corrected chi connectivity index (χ0v) is 11.4. The van der Waals surface area contributed by atoms with E-state index >= 15 is 0 Å². The predicted octanol–water partition coefficient (Wildman–Crippen LogP) is 3.88. The first-order valence-electron chi connectivity index (χ1n) is 5.68. The smallest absolute Gasteiger partial charge is 0.172 e. The Morgan fingerprint density at radius 2 is 1.75 bits per heavy atom. The number of Topliss-reactive ketones (excluding diaryl/α,β-unsaturated/α-hetero) is 1. The first kappa shape index (κ1) is 13.3. The van der Waals surface area contributed by atoms with E-state index in [1.54, 1.807) is 11.8 Å². The van der Waals surface area contributed by atoms with Gasteiger partial charge >= 0.3 is 0 Å². The molecule has 0 unspecified atom stereocenters. The Bertz CT molecular complexity index is 349. The third kappa shape index (κ3) is 4.40. The van der Waals surface area contributed by atoms with Crippen LogP contribution in [-0.2, 0) is 0 Å². The van der Waals surface area contributed by atoms with Gasteiger partial charge in [0.1, 0.15) is 0 Å². The summed E-state index contributed by atoms with van der Waals surface area (Å²) in [6.07, 6.45) is 0. The Hall–Kier alpha value is -0.760. The molecule has 88 valence electrons. The van der Waals surface area contributed by atoms with Gasteiger partial charge < -0.3 is 0 Å². The molecule has 1 aromatic rings. The highest BCUT2D eigenvalue weighted by Gasteiger charge is 2.07. The van der Waals surface area contributed by atoms with Gasteiger partial charge in [-0.25, -0.2) is 0 Å². The molecule has 0 fully saturated rings. The van der Waals surface area contributed by atoms with Gasteiger partial charge in [0.2, 0.25) is 0 Å². The number of aryl methyl sites for hydroxylation is 2. The van der Waals surface area contributed by atoms with Crippen molar-refractivity contribution >= 4 is 17.5 Å². The molecule has 0 aliphatic heterocycles. The van der Waals surface area contributed by atoms with Crippen molar-refractivity contribution in [3.8, 4) is 0 Å². The van der Waals surface area contributed by atoms with Gasteiger partial charge in [0.15, 0.2) is 5.78 Å². The summed E-state index contributed by atoms with van der Waals surface area (Å²) in [5, 5.41) is 0. The molecule has 0 aromatic heterocycles. The van der Waals surface area contributed by atoms with Crippen molar-refractivity contribution in [3.05, 3.63) is 34.9 Å². The second kappa shape index (κ2) is 6.09. The maximum absolute atomic E-state index is 11.9. The number of rotatable bonds is 5. The molecule has 2 heteroatoms. The number of hydrogen-bond acceptors (Lipinski definition) is 2. The average molecular weight is 236 g/mol. The summed E-state index contributed by atoms with van der Waals surface area (Å²) in [4.78, 5) is 11.9. The van der Waals surface area contributed by atoms with Gasteiger partial charge in [-0.3, -0.25) is 4.79 Å². The van der Waals surface area contributed by atoms with E-state index in [4.69, 9.17) is 0 Å². The molecular formula is C14H20OS. The van der Waals surface area contributed by atoms with Crippen LogP contribution < -0.4 is 0 Å². The van der Waals surface area contributed by atoms with E-state index in [1.807, 2.05) is 26.0 Å². The molecule has 0 heterocycles. The molecule has 16 heavy (non-hydrogen) atoms. The Balaban J connectivity index is 2.59. The topological polar surface area (TPSA) is 17.1 Å². The van der Waals surface area contributed by atoms with Crippen LogP contribution in [0.15, 0.2) is 18.2 Å². The molecule has 0 amide bonds. The summed E-state index contributed by atoms with van der Waals surface area (Å²) in [5.74, 6) is 2.55. The van der Waals surface area contributed by atoms with Gasteiger partial charge in [-0.1, -0.05) is 31.0 Å². The van der Waals surface area contributed by atoms with Gasteiger partial charge in [-0.2, -0.15) is 11.8 Å². The van der Waals surface area contributed by atoms with Crippen molar-refractivity contribution in [2.45, 2.75) is 27.7 Å². The van der Waals surface area contributed by atoms with Crippen molar-refractivity contribution in [1.82, 2.24) is 0 Å². The van der Waals surface area contributed by atoms with E-state index in [2.05, 4.69) is 19.9 Å². The summed E-state index contributed by atoms with van der Waals surface area (Å²) in [6, 6.07) is 6.05. The van der Waals surface area contributed by atoms with E-state index < -0.39 is 0 Å². The van der Waals surface area contributed by atoms with Crippen LogP contribution in [0.5, 0.6) is 0 Å².